The Kier molecular flexibility index (Phi) is 6.01. The van der Waals surface area contributed by atoms with Crippen LogP contribution >= 0.6 is 23.2 Å². The van der Waals surface area contributed by atoms with Crippen molar-refractivity contribution in [3.63, 3.8) is 0 Å². The van der Waals surface area contributed by atoms with E-state index in [2.05, 4.69) is 15.4 Å². The zero-order valence-corrected chi connectivity index (χ0v) is 19.0. The molecule has 0 aliphatic carbocycles. The maximum atomic E-state index is 12.7. The molecule has 1 amide bonds. The van der Waals surface area contributed by atoms with E-state index in [4.69, 9.17) is 23.2 Å². The Bertz CT molecular complexity index is 1400. The second-order valence-corrected chi connectivity index (χ2v) is 9.73. The highest BCUT2D eigenvalue weighted by atomic mass is 35.5. The van der Waals surface area contributed by atoms with Gasteiger partial charge in [-0.05, 0) is 42.5 Å². The van der Waals surface area contributed by atoms with Crippen molar-refractivity contribution >= 4 is 44.6 Å². The van der Waals surface area contributed by atoms with Crippen LogP contribution < -0.4 is 5.32 Å². The molecule has 7 nitrogen and oxygen atoms in total. The van der Waals surface area contributed by atoms with Gasteiger partial charge < -0.3 is 5.32 Å². The van der Waals surface area contributed by atoms with Gasteiger partial charge in [0.05, 0.1) is 16.8 Å². The van der Waals surface area contributed by atoms with E-state index in [1.807, 2.05) is 12.1 Å². The highest BCUT2D eigenvalue weighted by molar-refractivity contribution is 7.90. The molecule has 0 atom stereocenters. The molecule has 0 unspecified atom stereocenters. The number of para-hydroxylation sites is 1. The van der Waals surface area contributed by atoms with Crippen molar-refractivity contribution in [2.45, 2.75) is 4.90 Å². The number of nitrogens with zero attached hydrogens (tertiary/aromatic N) is 3. The summed E-state index contributed by atoms with van der Waals surface area (Å²) >= 11 is 11.8. The predicted octanol–water partition coefficient (Wildman–Crippen LogP) is 4.90. The molecule has 0 saturated carbocycles. The number of carbonyl (C=O) groups excluding carboxylic acids is 1. The Morgan fingerprint density at radius 1 is 1.00 bits per heavy atom. The van der Waals surface area contributed by atoms with Crippen LogP contribution in [0.3, 0.4) is 0 Å². The fraction of sp³-hybridized carbons (Fsp3) is 0.0455. The van der Waals surface area contributed by atoms with E-state index < -0.39 is 9.84 Å². The number of carbonyl (C=O) groups is 1. The molecule has 0 spiro atoms. The smallest absolute Gasteiger partial charge is 0.255 e. The molecule has 0 radical (unpaired) electrons. The van der Waals surface area contributed by atoms with Crippen LogP contribution in [0.15, 0.2) is 78.0 Å². The van der Waals surface area contributed by atoms with Crippen LogP contribution in [-0.2, 0) is 9.84 Å². The van der Waals surface area contributed by atoms with E-state index in [1.165, 1.54) is 24.3 Å². The molecule has 0 aliphatic heterocycles. The molecular weight excluding hydrogens is 471 g/mol. The Balaban J connectivity index is 1.62. The Morgan fingerprint density at radius 2 is 1.66 bits per heavy atom. The first kappa shape index (κ1) is 22.0. The van der Waals surface area contributed by atoms with Crippen LogP contribution in [-0.4, -0.2) is 35.3 Å². The van der Waals surface area contributed by atoms with E-state index in [0.29, 0.717) is 11.4 Å². The van der Waals surface area contributed by atoms with Crippen molar-refractivity contribution in [1.82, 2.24) is 14.8 Å². The highest BCUT2D eigenvalue weighted by Gasteiger charge is 2.14. The van der Waals surface area contributed by atoms with Crippen LogP contribution in [0.1, 0.15) is 10.4 Å². The molecule has 4 rings (SSSR count). The van der Waals surface area contributed by atoms with Gasteiger partial charge in [-0.2, -0.15) is 5.10 Å². The molecule has 2 aromatic carbocycles. The van der Waals surface area contributed by atoms with Crippen molar-refractivity contribution in [2.24, 2.45) is 0 Å². The van der Waals surface area contributed by atoms with E-state index >= 15 is 0 Å². The first-order chi connectivity index (χ1) is 15.2. The lowest BCUT2D eigenvalue weighted by Gasteiger charge is -2.10. The zero-order valence-electron chi connectivity index (χ0n) is 16.7. The lowest BCUT2D eigenvalue weighted by atomic mass is 10.1. The third-order valence-corrected chi connectivity index (χ3v) is 6.14. The van der Waals surface area contributed by atoms with Crippen molar-refractivity contribution in [3.8, 4) is 16.8 Å². The van der Waals surface area contributed by atoms with Gasteiger partial charge in [0.15, 0.2) is 9.84 Å². The van der Waals surface area contributed by atoms with E-state index in [-0.39, 0.29) is 26.7 Å². The summed E-state index contributed by atoms with van der Waals surface area (Å²) in [5.41, 5.74) is 3.08. The van der Waals surface area contributed by atoms with Gasteiger partial charge in [0.2, 0.25) is 0 Å². The molecule has 10 heteroatoms. The van der Waals surface area contributed by atoms with Crippen molar-refractivity contribution in [3.05, 3.63) is 88.9 Å². The first-order valence-corrected chi connectivity index (χ1v) is 11.9. The highest BCUT2D eigenvalue weighted by Crippen LogP contribution is 2.29. The first-order valence-electron chi connectivity index (χ1n) is 9.30. The molecule has 0 fully saturated rings. The molecule has 32 heavy (non-hydrogen) atoms. The largest absolute Gasteiger partial charge is 0.321 e. The lowest BCUT2D eigenvalue weighted by Crippen LogP contribution is -2.12. The molecule has 4 aromatic rings. The van der Waals surface area contributed by atoms with Crippen LogP contribution in [0.2, 0.25) is 10.3 Å². The van der Waals surface area contributed by atoms with Crippen molar-refractivity contribution < 1.29 is 13.2 Å². The SMILES string of the molecule is CS(=O)(=O)c1ccc(-n2cc(-c3ccccc3NC(=O)c3cc(Cl)nc(Cl)c3)cn2)cc1. The minimum absolute atomic E-state index is 0.124. The Labute approximate surface area is 194 Å². The van der Waals surface area contributed by atoms with E-state index in [0.717, 1.165) is 17.4 Å². The molecule has 1 N–H and O–H groups in total. The minimum atomic E-state index is -3.28. The van der Waals surface area contributed by atoms with Gasteiger partial charge in [0, 0.05) is 34.8 Å². The van der Waals surface area contributed by atoms with Crippen LogP contribution in [0.4, 0.5) is 5.69 Å². The molecule has 2 aromatic heterocycles. The van der Waals surface area contributed by atoms with Crippen molar-refractivity contribution in [2.75, 3.05) is 11.6 Å². The number of hydrogen-bond donors (Lipinski definition) is 1. The average Bonchev–Trinajstić information content (AvgIpc) is 3.23. The molecular formula is C22H16Cl2N4O3S. The lowest BCUT2D eigenvalue weighted by molar-refractivity contribution is 0.102. The van der Waals surface area contributed by atoms with Gasteiger partial charge in [-0.1, -0.05) is 41.4 Å². The summed E-state index contributed by atoms with van der Waals surface area (Å²) in [6, 6.07) is 16.6. The summed E-state index contributed by atoms with van der Waals surface area (Å²) in [4.78, 5) is 16.8. The fourth-order valence-electron chi connectivity index (χ4n) is 3.08. The monoisotopic (exact) mass is 486 g/mol. The van der Waals surface area contributed by atoms with Gasteiger partial charge in [-0.3, -0.25) is 4.79 Å². The summed E-state index contributed by atoms with van der Waals surface area (Å²) in [7, 11) is -3.28. The third-order valence-electron chi connectivity index (χ3n) is 4.62. The quantitative estimate of drug-likeness (QED) is 0.405. The number of anilines is 1. The maximum Gasteiger partial charge on any atom is 0.255 e. The van der Waals surface area contributed by atoms with E-state index in [9.17, 15) is 13.2 Å². The van der Waals surface area contributed by atoms with Crippen molar-refractivity contribution in [1.29, 1.82) is 0 Å². The number of hydrogen-bond acceptors (Lipinski definition) is 5. The zero-order chi connectivity index (χ0) is 22.9. The van der Waals surface area contributed by atoms with Gasteiger partial charge in [-0.15, -0.1) is 0 Å². The summed E-state index contributed by atoms with van der Waals surface area (Å²) in [6.07, 6.45) is 4.61. The number of benzene rings is 2. The summed E-state index contributed by atoms with van der Waals surface area (Å²) in [5, 5.41) is 7.48. The number of amides is 1. The molecule has 0 bridgehead atoms. The summed E-state index contributed by atoms with van der Waals surface area (Å²) < 4.78 is 24.9. The van der Waals surface area contributed by atoms with Crippen LogP contribution in [0.5, 0.6) is 0 Å². The summed E-state index contributed by atoms with van der Waals surface area (Å²) in [6.45, 7) is 0. The van der Waals surface area contributed by atoms with Gasteiger partial charge in [0.1, 0.15) is 10.3 Å². The minimum Gasteiger partial charge on any atom is -0.321 e. The number of sulfone groups is 1. The second kappa shape index (κ2) is 8.74. The summed E-state index contributed by atoms with van der Waals surface area (Å²) in [5.74, 6) is -0.382. The molecule has 0 aliphatic rings. The molecule has 2 heterocycles. The van der Waals surface area contributed by atoms with Gasteiger partial charge in [0.25, 0.3) is 5.91 Å². The molecule has 0 saturated heterocycles. The number of pyridine rings is 1. The third kappa shape index (κ3) is 4.83. The van der Waals surface area contributed by atoms with Crippen LogP contribution in [0.25, 0.3) is 16.8 Å². The maximum absolute atomic E-state index is 12.7. The second-order valence-electron chi connectivity index (χ2n) is 6.94. The average molecular weight is 487 g/mol. The van der Waals surface area contributed by atoms with Gasteiger partial charge in [-0.25, -0.2) is 18.1 Å². The fourth-order valence-corrected chi connectivity index (χ4v) is 4.17. The number of aromatic nitrogens is 3. The Morgan fingerprint density at radius 3 is 2.31 bits per heavy atom. The van der Waals surface area contributed by atoms with Crippen LogP contribution in [0, 0.1) is 0 Å². The topological polar surface area (TPSA) is 94.0 Å². The normalized spacial score (nSPS) is 11.3. The number of halogens is 2. The van der Waals surface area contributed by atoms with Gasteiger partial charge >= 0.3 is 0 Å². The molecule has 162 valence electrons. The number of nitrogens with one attached hydrogen (secondary N) is 1. The standard InChI is InChI=1S/C22H16Cl2N4O3S/c1-32(30,31)17-8-6-16(7-9-17)28-13-15(12-25-28)18-4-2-3-5-19(18)26-22(29)14-10-20(23)27-21(24)11-14/h2-13H,1H3,(H,26,29). The number of rotatable bonds is 5. The Hall–Kier alpha value is -3.20. The van der Waals surface area contributed by atoms with E-state index in [1.54, 1.807) is 41.3 Å². The predicted molar refractivity (Wildman–Crippen MR) is 124 cm³/mol.